The molecule has 30 heavy (non-hydrogen) atoms. The van der Waals surface area contributed by atoms with Crippen LogP contribution in [0.3, 0.4) is 0 Å². The van der Waals surface area contributed by atoms with Crippen molar-refractivity contribution in [3.63, 3.8) is 0 Å². The van der Waals surface area contributed by atoms with Gasteiger partial charge in [0.25, 0.3) is 0 Å². The Bertz CT molecular complexity index is 759. The number of hydrogen-bond acceptors (Lipinski definition) is 4. The Hall–Kier alpha value is -2.77. The number of carbonyl (C=O) groups excluding carboxylic acids is 2. The van der Waals surface area contributed by atoms with Gasteiger partial charge < -0.3 is 25.2 Å². The number of hydrogen-bond donors (Lipinski definition) is 2. The summed E-state index contributed by atoms with van der Waals surface area (Å²) in [5.41, 5.74) is 1.19. The molecule has 2 aliphatic rings. The maximum absolute atomic E-state index is 12.2. The Kier molecular flexibility index (Phi) is 7.54. The van der Waals surface area contributed by atoms with Crippen molar-refractivity contribution < 1.29 is 14.3 Å². The highest BCUT2D eigenvalue weighted by atomic mass is 16.5. The predicted molar refractivity (Wildman–Crippen MR) is 117 cm³/mol. The number of methoxy groups -OCH3 is 1. The molecule has 0 spiro atoms. The minimum Gasteiger partial charge on any atom is -0.497 e. The average Bonchev–Trinajstić information content (AvgIpc) is 3.52. The summed E-state index contributed by atoms with van der Waals surface area (Å²) in [7, 11) is 5.10. The normalized spacial score (nSPS) is 19.0. The van der Waals surface area contributed by atoms with Gasteiger partial charge in [-0.15, -0.1) is 0 Å². The van der Waals surface area contributed by atoms with E-state index < -0.39 is 0 Å². The van der Waals surface area contributed by atoms with Crippen LogP contribution in [0, 0.1) is 5.92 Å². The summed E-state index contributed by atoms with van der Waals surface area (Å²) in [6.07, 6.45) is 3.68. The van der Waals surface area contributed by atoms with E-state index in [1.54, 1.807) is 21.2 Å². The van der Waals surface area contributed by atoms with Gasteiger partial charge in [-0.25, -0.2) is 4.99 Å². The number of nitrogens with one attached hydrogen (secondary N) is 2. The fourth-order valence-corrected chi connectivity index (χ4v) is 3.51. The monoisotopic (exact) mass is 415 g/mol. The first-order chi connectivity index (χ1) is 14.5. The second-order valence-electron chi connectivity index (χ2n) is 8.21. The molecule has 0 radical (unpaired) electrons. The molecule has 2 N–H and O–H groups in total. The number of likely N-dealkylation sites (N-methyl/N-ethyl adjacent to an activating group) is 1. The summed E-state index contributed by atoms with van der Waals surface area (Å²) in [6, 6.07) is 8.44. The third kappa shape index (κ3) is 6.37. The highest BCUT2D eigenvalue weighted by Crippen LogP contribution is 2.32. The number of carbonyl (C=O) groups is 2. The average molecular weight is 416 g/mol. The van der Waals surface area contributed by atoms with Crippen molar-refractivity contribution in [1.82, 2.24) is 20.4 Å². The van der Waals surface area contributed by atoms with Crippen LogP contribution in [0.5, 0.6) is 5.75 Å². The molecular weight excluding hydrogens is 382 g/mol. The number of nitrogens with zero attached hydrogens (tertiary/aromatic N) is 3. The summed E-state index contributed by atoms with van der Waals surface area (Å²) in [4.78, 5) is 32.1. The van der Waals surface area contributed by atoms with Crippen LogP contribution in [0.15, 0.2) is 29.3 Å². The molecule has 1 aliphatic heterocycles. The third-order valence-corrected chi connectivity index (χ3v) is 5.52. The van der Waals surface area contributed by atoms with E-state index in [0.29, 0.717) is 31.5 Å². The van der Waals surface area contributed by atoms with Crippen molar-refractivity contribution in [3.05, 3.63) is 29.8 Å². The van der Waals surface area contributed by atoms with Crippen LogP contribution in [0.4, 0.5) is 0 Å². The summed E-state index contributed by atoms with van der Waals surface area (Å²) >= 11 is 0. The molecule has 164 valence electrons. The largest absolute Gasteiger partial charge is 0.497 e. The minimum absolute atomic E-state index is 0.0535. The Labute approximate surface area is 178 Å². The van der Waals surface area contributed by atoms with Crippen molar-refractivity contribution in [1.29, 1.82) is 0 Å². The Balaban J connectivity index is 1.50. The molecular formula is C22H33N5O3. The Morgan fingerprint density at radius 3 is 2.60 bits per heavy atom. The van der Waals surface area contributed by atoms with E-state index >= 15 is 0 Å². The Morgan fingerprint density at radius 2 is 1.97 bits per heavy atom. The fourth-order valence-electron chi connectivity index (χ4n) is 3.51. The molecule has 2 fully saturated rings. The highest BCUT2D eigenvalue weighted by molar-refractivity contribution is 5.85. The molecule has 8 nitrogen and oxygen atoms in total. The number of ether oxygens (including phenoxy) is 1. The summed E-state index contributed by atoms with van der Waals surface area (Å²) in [6.45, 7) is 2.25. The molecule has 1 saturated carbocycles. The van der Waals surface area contributed by atoms with Gasteiger partial charge in [0.05, 0.1) is 7.11 Å². The number of guanidine groups is 1. The first kappa shape index (κ1) is 21.9. The van der Waals surface area contributed by atoms with Crippen molar-refractivity contribution in [2.45, 2.75) is 31.7 Å². The van der Waals surface area contributed by atoms with Crippen LogP contribution in [0.25, 0.3) is 0 Å². The summed E-state index contributed by atoms with van der Waals surface area (Å²) < 4.78 is 5.19. The van der Waals surface area contributed by atoms with Crippen LogP contribution >= 0.6 is 0 Å². The second kappa shape index (κ2) is 10.3. The lowest BCUT2D eigenvalue weighted by atomic mass is 10.1. The van der Waals surface area contributed by atoms with E-state index in [-0.39, 0.29) is 24.3 Å². The van der Waals surface area contributed by atoms with Gasteiger partial charge in [-0.2, -0.15) is 0 Å². The van der Waals surface area contributed by atoms with E-state index in [1.165, 1.54) is 10.5 Å². The zero-order valence-electron chi connectivity index (χ0n) is 18.2. The second-order valence-corrected chi connectivity index (χ2v) is 8.21. The van der Waals surface area contributed by atoms with E-state index in [4.69, 9.17) is 4.74 Å². The van der Waals surface area contributed by atoms with E-state index in [0.717, 1.165) is 31.6 Å². The number of rotatable bonds is 9. The van der Waals surface area contributed by atoms with Crippen LogP contribution in [0.2, 0.25) is 0 Å². The van der Waals surface area contributed by atoms with Gasteiger partial charge in [0, 0.05) is 52.1 Å². The van der Waals surface area contributed by atoms with E-state index in [1.807, 2.05) is 29.2 Å². The van der Waals surface area contributed by atoms with Crippen molar-refractivity contribution in [3.8, 4) is 5.75 Å². The number of likely N-dealkylation sites (tertiary alicyclic amines) is 1. The zero-order chi connectivity index (χ0) is 21.5. The number of amides is 2. The molecule has 1 aromatic carbocycles. The molecule has 1 saturated heterocycles. The first-order valence-electron chi connectivity index (χ1n) is 10.6. The van der Waals surface area contributed by atoms with E-state index in [2.05, 4.69) is 15.6 Å². The fraction of sp³-hybridized carbons (Fsp3) is 0.591. The quantitative estimate of drug-likeness (QED) is 0.462. The first-order valence-corrected chi connectivity index (χ1v) is 10.6. The number of aliphatic imine (C=N–C) groups is 1. The maximum atomic E-state index is 12.2. The van der Waals surface area contributed by atoms with E-state index in [9.17, 15) is 9.59 Å². The Morgan fingerprint density at radius 1 is 1.23 bits per heavy atom. The third-order valence-electron chi connectivity index (χ3n) is 5.52. The molecule has 1 unspecified atom stereocenters. The van der Waals surface area contributed by atoms with Crippen molar-refractivity contribution >= 4 is 17.8 Å². The molecule has 1 atom stereocenters. The lowest BCUT2D eigenvalue weighted by molar-refractivity contribution is -0.128. The zero-order valence-corrected chi connectivity index (χ0v) is 18.2. The summed E-state index contributed by atoms with van der Waals surface area (Å²) in [5, 5.41) is 6.64. The van der Waals surface area contributed by atoms with Crippen LogP contribution in [-0.4, -0.2) is 81.0 Å². The van der Waals surface area contributed by atoms with Gasteiger partial charge in [0.15, 0.2) is 5.96 Å². The topological polar surface area (TPSA) is 86.3 Å². The standard InChI is InChI=1S/C22H33N5O3/c1-26(2)21(29)14-25-22(23-11-10-16-4-8-19(30-3)9-5-16)24-13-17-12-20(28)27(15-17)18-6-7-18/h4-5,8-9,17-18H,6-7,10-15H2,1-3H3,(H2,23,24,25). The number of benzene rings is 1. The molecule has 2 amide bonds. The molecule has 1 aromatic rings. The predicted octanol–water partition coefficient (Wildman–Crippen LogP) is 0.872. The van der Waals surface area contributed by atoms with Gasteiger partial charge in [0.1, 0.15) is 12.3 Å². The molecule has 1 heterocycles. The van der Waals surface area contributed by atoms with Crippen molar-refractivity contribution in [2.24, 2.45) is 10.9 Å². The lowest BCUT2D eigenvalue weighted by Crippen LogP contribution is -2.42. The molecule has 3 rings (SSSR count). The van der Waals surface area contributed by atoms with Crippen LogP contribution in [-0.2, 0) is 16.0 Å². The molecule has 0 bridgehead atoms. The summed E-state index contributed by atoms with van der Waals surface area (Å²) in [5.74, 6) is 1.93. The maximum Gasteiger partial charge on any atom is 0.243 e. The van der Waals surface area contributed by atoms with Gasteiger partial charge in [-0.3, -0.25) is 9.59 Å². The van der Waals surface area contributed by atoms with Gasteiger partial charge >= 0.3 is 0 Å². The smallest absolute Gasteiger partial charge is 0.243 e. The van der Waals surface area contributed by atoms with Gasteiger partial charge in [-0.1, -0.05) is 12.1 Å². The van der Waals surface area contributed by atoms with Gasteiger partial charge in [0.2, 0.25) is 11.8 Å². The van der Waals surface area contributed by atoms with Crippen LogP contribution < -0.4 is 15.4 Å². The SMILES string of the molecule is COc1ccc(CCNC(=NCC(=O)N(C)C)NCC2CC(=O)N(C3CC3)C2)cc1. The molecule has 8 heteroatoms. The van der Waals surface area contributed by atoms with Gasteiger partial charge in [-0.05, 0) is 37.0 Å². The highest BCUT2D eigenvalue weighted by Gasteiger charge is 2.39. The molecule has 1 aliphatic carbocycles. The van der Waals surface area contributed by atoms with Crippen LogP contribution in [0.1, 0.15) is 24.8 Å². The minimum atomic E-state index is -0.0535. The lowest BCUT2D eigenvalue weighted by Gasteiger charge is -2.18. The molecule has 0 aromatic heterocycles. The van der Waals surface area contributed by atoms with Crippen molar-refractivity contribution in [2.75, 3.05) is 47.4 Å².